The summed E-state index contributed by atoms with van der Waals surface area (Å²) in [6, 6.07) is 5.58. The van der Waals surface area contributed by atoms with Crippen molar-refractivity contribution in [1.82, 2.24) is 10.3 Å². The molecule has 112 valence electrons. The molecular formula is C16H21N3O2. The molecule has 5 nitrogen and oxygen atoms in total. The Morgan fingerprint density at radius 3 is 2.76 bits per heavy atom. The highest BCUT2D eigenvalue weighted by molar-refractivity contribution is 5.98. The van der Waals surface area contributed by atoms with E-state index < -0.39 is 5.97 Å². The lowest BCUT2D eigenvalue weighted by atomic mass is 9.93. The minimum Gasteiger partial charge on any atom is -0.478 e. The number of rotatable bonds is 3. The molecule has 0 atom stereocenters. The number of carbonyl (C=O) groups is 1. The molecule has 2 aliphatic heterocycles. The highest BCUT2D eigenvalue weighted by atomic mass is 16.4. The van der Waals surface area contributed by atoms with Crippen molar-refractivity contribution in [3.05, 3.63) is 35.4 Å². The van der Waals surface area contributed by atoms with Gasteiger partial charge in [0.05, 0.1) is 17.8 Å². The van der Waals surface area contributed by atoms with Crippen molar-refractivity contribution in [3.8, 4) is 0 Å². The van der Waals surface area contributed by atoms with Gasteiger partial charge in [-0.3, -0.25) is 0 Å². The molecule has 5 heteroatoms. The Labute approximate surface area is 124 Å². The van der Waals surface area contributed by atoms with Gasteiger partial charge in [-0.2, -0.15) is 0 Å². The summed E-state index contributed by atoms with van der Waals surface area (Å²) in [5, 5.41) is 17.4. The summed E-state index contributed by atoms with van der Waals surface area (Å²) in [5.41, 5.74) is 3.45. The lowest BCUT2D eigenvalue weighted by molar-refractivity contribution is 0.0696. The molecule has 21 heavy (non-hydrogen) atoms. The minimum atomic E-state index is -0.853. The van der Waals surface area contributed by atoms with Crippen molar-refractivity contribution in [2.45, 2.75) is 13.3 Å². The van der Waals surface area contributed by atoms with Crippen LogP contribution in [0.1, 0.15) is 29.3 Å². The third-order valence-electron chi connectivity index (χ3n) is 4.20. The van der Waals surface area contributed by atoms with Crippen LogP contribution in [0.5, 0.6) is 0 Å². The van der Waals surface area contributed by atoms with Gasteiger partial charge < -0.3 is 15.4 Å². The van der Waals surface area contributed by atoms with Crippen molar-refractivity contribution in [1.29, 1.82) is 0 Å². The highest BCUT2D eigenvalue weighted by Crippen LogP contribution is 2.36. The predicted octanol–water partition coefficient (Wildman–Crippen LogP) is 1.82. The first-order chi connectivity index (χ1) is 10.2. The van der Waals surface area contributed by atoms with Crippen molar-refractivity contribution in [2.24, 2.45) is 0 Å². The molecule has 2 heterocycles. The highest BCUT2D eigenvalue weighted by Gasteiger charge is 2.27. The Balaban J connectivity index is 2.05. The second-order valence-corrected chi connectivity index (χ2v) is 5.37. The van der Waals surface area contributed by atoms with E-state index in [0.29, 0.717) is 5.56 Å². The number of fused-ring (bicyclic) bond motifs is 1. The van der Waals surface area contributed by atoms with E-state index >= 15 is 0 Å². The summed E-state index contributed by atoms with van der Waals surface area (Å²) >= 11 is 0. The van der Waals surface area contributed by atoms with E-state index in [9.17, 15) is 9.90 Å². The molecule has 2 aliphatic rings. The second kappa shape index (κ2) is 5.87. The molecule has 3 rings (SSSR count). The fraction of sp³-hybridized carbons (Fsp3) is 0.438. The molecule has 0 saturated carbocycles. The number of allylic oxidation sites excluding steroid dienone is 1. The van der Waals surface area contributed by atoms with E-state index in [2.05, 4.69) is 28.3 Å². The first kappa shape index (κ1) is 14.1. The first-order valence-electron chi connectivity index (χ1n) is 7.51. The number of hydrogen-bond donors (Lipinski definition) is 2. The zero-order chi connectivity index (χ0) is 14.8. The lowest BCUT2D eigenvalue weighted by Gasteiger charge is -2.42. The second-order valence-electron chi connectivity index (χ2n) is 5.37. The van der Waals surface area contributed by atoms with Crippen molar-refractivity contribution >= 4 is 17.2 Å². The van der Waals surface area contributed by atoms with Crippen LogP contribution in [-0.2, 0) is 0 Å². The molecule has 0 aliphatic carbocycles. The summed E-state index contributed by atoms with van der Waals surface area (Å²) in [5.74, 6) is -0.853. The number of nitrogens with zero attached hydrogens (tertiary/aromatic N) is 2. The quantitative estimate of drug-likeness (QED) is 0.888. The molecule has 1 aromatic carbocycles. The number of aromatic carboxylic acids is 1. The molecule has 0 unspecified atom stereocenters. The van der Waals surface area contributed by atoms with E-state index in [1.807, 2.05) is 12.1 Å². The average Bonchev–Trinajstić information content (AvgIpc) is 2.54. The fourth-order valence-corrected chi connectivity index (χ4v) is 3.15. The van der Waals surface area contributed by atoms with E-state index in [4.69, 9.17) is 0 Å². The Kier molecular flexibility index (Phi) is 3.94. The van der Waals surface area contributed by atoms with Crippen LogP contribution in [0.15, 0.2) is 24.3 Å². The Morgan fingerprint density at radius 2 is 2.10 bits per heavy atom. The number of hydrogen-bond acceptors (Lipinski definition) is 4. The molecule has 0 amide bonds. The van der Waals surface area contributed by atoms with Gasteiger partial charge in [-0.1, -0.05) is 19.1 Å². The van der Waals surface area contributed by atoms with Crippen LogP contribution in [0.25, 0.3) is 5.57 Å². The van der Waals surface area contributed by atoms with E-state index in [1.165, 1.54) is 0 Å². The molecule has 1 fully saturated rings. The lowest BCUT2D eigenvalue weighted by Crippen LogP contribution is -2.53. The maximum atomic E-state index is 11.5. The van der Waals surface area contributed by atoms with Crippen LogP contribution in [0.4, 0.5) is 5.69 Å². The monoisotopic (exact) mass is 287 g/mol. The number of hydrazine groups is 1. The van der Waals surface area contributed by atoms with Crippen LogP contribution in [0, 0.1) is 0 Å². The summed E-state index contributed by atoms with van der Waals surface area (Å²) in [7, 11) is 0. The maximum Gasteiger partial charge on any atom is 0.336 e. The van der Waals surface area contributed by atoms with Crippen LogP contribution < -0.4 is 10.3 Å². The molecular weight excluding hydrogens is 266 g/mol. The summed E-state index contributed by atoms with van der Waals surface area (Å²) in [6.45, 7) is 6.73. The Morgan fingerprint density at radius 1 is 1.33 bits per heavy atom. The maximum absolute atomic E-state index is 11.5. The molecule has 0 spiro atoms. The van der Waals surface area contributed by atoms with Crippen molar-refractivity contribution < 1.29 is 9.90 Å². The number of benzene rings is 1. The smallest absolute Gasteiger partial charge is 0.336 e. The summed E-state index contributed by atoms with van der Waals surface area (Å²) in [4.78, 5) is 11.5. The summed E-state index contributed by atoms with van der Waals surface area (Å²) in [6.07, 6.45) is 3.02. The van der Waals surface area contributed by atoms with Crippen LogP contribution in [0.2, 0.25) is 0 Å². The van der Waals surface area contributed by atoms with Gasteiger partial charge >= 0.3 is 5.97 Å². The number of carboxylic acids is 1. The minimum absolute atomic E-state index is 0.403. The van der Waals surface area contributed by atoms with Gasteiger partial charge in [0.1, 0.15) is 0 Å². The van der Waals surface area contributed by atoms with Gasteiger partial charge in [-0.05, 0) is 24.1 Å². The Bertz CT molecular complexity index is 577. The van der Waals surface area contributed by atoms with E-state index in [0.717, 1.165) is 56.0 Å². The first-order valence-corrected chi connectivity index (χ1v) is 7.51. The molecule has 0 radical (unpaired) electrons. The number of anilines is 1. The largest absolute Gasteiger partial charge is 0.478 e. The topological polar surface area (TPSA) is 55.8 Å². The SMILES string of the molecule is CCC1=CCN(N2CCNCC2)c2cccc(C(=O)O)c21. The average molecular weight is 287 g/mol. The van der Waals surface area contributed by atoms with E-state index in [1.54, 1.807) is 6.07 Å². The third-order valence-corrected chi connectivity index (χ3v) is 4.20. The fourth-order valence-electron chi connectivity index (χ4n) is 3.15. The van der Waals surface area contributed by atoms with Gasteiger partial charge in [0.15, 0.2) is 0 Å². The number of piperazine rings is 1. The predicted molar refractivity (Wildman–Crippen MR) is 83.5 cm³/mol. The van der Waals surface area contributed by atoms with Gasteiger partial charge in [-0.15, -0.1) is 0 Å². The standard InChI is InChI=1S/C16H21N3O2/c1-2-12-6-9-19(18-10-7-17-8-11-18)14-5-3-4-13(15(12)14)16(20)21/h3-6,17H,2,7-11H2,1H3,(H,20,21). The van der Waals surface area contributed by atoms with Crippen molar-refractivity contribution in [2.75, 3.05) is 37.7 Å². The number of carboxylic acid groups (broad SMARTS) is 1. The molecule has 2 N–H and O–H groups in total. The van der Waals surface area contributed by atoms with Gasteiger partial charge in [0.25, 0.3) is 0 Å². The molecule has 1 saturated heterocycles. The molecule has 1 aromatic rings. The van der Waals surface area contributed by atoms with Crippen LogP contribution >= 0.6 is 0 Å². The number of nitrogens with one attached hydrogen (secondary N) is 1. The van der Waals surface area contributed by atoms with Gasteiger partial charge in [0, 0.05) is 31.7 Å². The van der Waals surface area contributed by atoms with E-state index in [-0.39, 0.29) is 0 Å². The zero-order valence-electron chi connectivity index (χ0n) is 12.3. The summed E-state index contributed by atoms with van der Waals surface area (Å²) < 4.78 is 0. The van der Waals surface area contributed by atoms with Crippen LogP contribution in [-0.4, -0.2) is 48.8 Å². The molecule has 0 aromatic heterocycles. The van der Waals surface area contributed by atoms with Crippen LogP contribution in [0.3, 0.4) is 0 Å². The zero-order valence-corrected chi connectivity index (χ0v) is 12.3. The normalized spacial score (nSPS) is 19.1. The Hall–Kier alpha value is -1.85. The van der Waals surface area contributed by atoms with Gasteiger partial charge in [0.2, 0.25) is 0 Å². The van der Waals surface area contributed by atoms with Crippen molar-refractivity contribution in [3.63, 3.8) is 0 Å². The third kappa shape index (κ3) is 2.54. The molecule has 0 bridgehead atoms. The van der Waals surface area contributed by atoms with Gasteiger partial charge in [-0.25, -0.2) is 9.80 Å².